The maximum atomic E-state index is 10.7. The Labute approximate surface area is 81.1 Å². The molecule has 1 heterocycles. The third kappa shape index (κ3) is 1.51. The number of fused-ring (bicyclic) bond motifs is 1. The Morgan fingerprint density at radius 3 is 3.14 bits per heavy atom. The van der Waals surface area contributed by atoms with Crippen LogP contribution in [-0.2, 0) is 9.53 Å². The van der Waals surface area contributed by atoms with E-state index in [1.54, 1.807) is 12.1 Å². The lowest BCUT2D eigenvalue weighted by Crippen LogP contribution is -2.09. The van der Waals surface area contributed by atoms with Gasteiger partial charge in [-0.2, -0.15) is 0 Å². The van der Waals surface area contributed by atoms with Crippen molar-refractivity contribution in [1.82, 2.24) is 0 Å². The standard InChI is InChI=1S/C10H10O4/c1-6(11)14-10-5-13-9-4-7(12)2-3-8(9)10/h2-4,10,12H,5H2,1H3. The molecule has 1 aliphatic rings. The van der Waals surface area contributed by atoms with Crippen molar-refractivity contribution in [2.45, 2.75) is 13.0 Å². The Kier molecular flexibility index (Phi) is 2.04. The summed E-state index contributed by atoms with van der Waals surface area (Å²) >= 11 is 0. The molecule has 0 radical (unpaired) electrons. The van der Waals surface area contributed by atoms with Crippen LogP contribution in [0.3, 0.4) is 0 Å². The zero-order valence-corrected chi connectivity index (χ0v) is 7.69. The molecule has 0 amide bonds. The molecule has 74 valence electrons. The minimum atomic E-state index is -0.344. The highest BCUT2D eigenvalue weighted by atomic mass is 16.6. The highest BCUT2D eigenvalue weighted by molar-refractivity contribution is 5.66. The van der Waals surface area contributed by atoms with Crippen LogP contribution < -0.4 is 4.74 Å². The lowest BCUT2D eigenvalue weighted by molar-refractivity contribution is -0.147. The maximum absolute atomic E-state index is 10.7. The SMILES string of the molecule is CC(=O)OC1COc2cc(O)ccc21. The Bertz CT molecular complexity index is 372. The van der Waals surface area contributed by atoms with Crippen LogP contribution in [-0.4, -0.2) is 17.7 Å². The van der Waals surface area contributed by atoms with E-state index in [0.717, 1.165) is 5.56 Å². The van der Waals surface area contributed by atoms with Gasteiger partial charge in [-0.25, -0.2) is 0 Å². The molecule has 2 rings (SSSR count). The summed E-state index contributed by atoms with van der Waals surface area (Å²) in [5.74, 6) is 0.392. The number of rotatable bonds is 1. The summed E-state index contributed by atoms with van der Waals surface area (Å²) < 4.78 is 10.3. The van der Waals surface area contributed by atoms with Gasteiger partial charge in [-0.15, -0.1) is 0 Å². The van der Waals surface area contributed by atoms with Crippen molar-refractivity contribution in [2.75, 3.05) is 6.61 Å². The number of hydrogen-bond donors (Lipinski definition) is 1. The minimum absolute atomic E-state index is 0.146. The topological polar surface area (TPSA) is 55.8 Å². The summed E-state index contributed by atoms with van der Waals surface area (Å²) in [4.78, 5) is 10.7. The van der Waals surface area contributed by atoms with Gasteiger partial charge in [0.25, 0.3) is 0 Å². The second-order valence-corrected chi connectivity index (χ2v) is 3.13. The van der Waals surface area contributed by atoms with E-state index in [9.17, 15) is 9.90 Å². The minimum Gasteiger partial charge on any atom is -0.508 e. The zero-order chi connectivity index (χ0) is 10.1. The van der Waals surface area contributed by atoms with Gasteiger partial charge >= 0.3 is 5.97 Å². The van der Waals surface area contributed by atoms with E-state index < -0.39 is 0 Å². The number of hydrogen-bond acceptors (Lipinski definition) is 4. The van der Waals surface area contributed by atoms with Crippen LogP contribution in [0.25, 0.3) is 0 Å². The fourth-order valence-corrected chi connectivity index (χ4v) is 1.47. The van der Waals surface area contributed by atoms with E-state index in [0.29, 0.717) is 12.4 Å². The molecule has 4 heteroatoms. The monoisotopic (exact) mass is 194 g/mol. The Morgan fingerprint density at radius 1 is 1.64 bits per heavy atom. The molecule has 0 bridgehead atoms. The molecule has 0 aliphatic carbocycles. The normalized spacial score (nSPS) is 18.5. The van der Waals surface area contributed by atoms with Crippen LogP contribution in [0.2, 0.25) is 0 Å². The van der Waals surface area contributed by atoms with Crippen molar-refractivity contribution in [3.05, 3.63) is 23.8 Å². The molecule has 1 aromatic carbocycles. The second-order valence-electron chi connectivity index (χ2n) is 3.13. The number of phenolic OH excluding ortho intramolecular Hbond substituents is 1. The predicted molar refractivity (Wildman–Crippen MR) is 48.1 cm³/mol. The van der Waals surface area contributed by atoms with Crippen LogP contribution in [0.1, 0.15) is 18.6 Å². The molecule has 1 atom stereocenters. The summed E-state index contributed by atoms with van der Waals surface area (Å²) in [7, 11) is 0. The first kappa shape index (κ1) is 8.87. The van der Waals surface area contributed by atoms with Gasteiger partial charge in [0.2, 0.25) is 0 Å². The number of carbonyl (C=O) groups is 1. The first-order valence-corrected chi connectivity index (χ1v) is 4.30. The molecule has 1 aliphatic heterocycles. The average Bonchev–Trinajstić information content (AvgIpc) is 2.47. The third-order valence-electron chi connectivity index (χ3n) is 2.04. The van der Waals surface area contributed by atoms with E-state index in [-0.39, 0.29) is 17.8 Å². The summed E-state index contributed by atoms with van der Waals surface area (Å²) in [5.41, 5.74) is 0.804. The number of carbonyl (C=O) groups excluding carboxylic acids is 1. The number of phenols is 1. The van der Waals surface area contributed by atoms with Gasteiger partial charge in [-0.1, -0.05) is 0 Å². The summed E-state index contributed by atoms with van der Waals surface area (Å²) in [6.07, 6.45) is -0.344. The van der Waals surface area contributed by atoms with Crippen molar-refractivity contribution in [1.29, 1.82) is 0 Å². The van der Waals surface area contributed by atoms with E-state index in [1.165, 1.54) is 13.0 Å². The molecule has 0 spiro atoms. The fraction of sp³-hybridized carbons (Fsp3) is 0.300. The first-order valence-electron chi connectivity index (χ1n) is 4.30. The van der Waals surface area contributed by atoms with Gasteiger partial charge in [0, 0.05) is 18.6 Å². The van der Waals surface area contributed by atoms with E-state index >= 15 is 0 Å². The maximum Gasteiger partial charge on any atom is 0.303 e. The van der Waals surface area contributed by atoms with Crippen LogP contribution in [0.4, 0.5) is 0 Å². The Morgan fingerprint density at radius 2 is 2.43 bits per heavy atom. The number of aromatic hydroxyl groups is 1. The van der Waals surface area contributed by atoms with Crippen molar-refractivity contribution in [3.63, 3.8) is 0 Å². The molecule has 4 nitrogen and oxygen atoms in total. The largest absolute Gasteiger partial charge is 0.508 e. The van der Waals surface area contributed by atoms with Crippen LogP contribution in [0.15, 0.2) is 18.2 Å². The molecule has 0 saturated carbocycles. The summed E-state index contributed by atoms with van der Waals surface area (Å²) in [5, 5.41) is 9.18. The lowest BCUT2D eigenvalue weighted by atomic mass is 10.1. The first-order chi connectivity index (χ1) is 6.66. The number of ether oxygens (including phenoxy) is 2. The van der Waals surface area contributed by atoms with Gasteiger partial charge in [0.15, 0.2) is 6.10 Å². The molecule has 0 aromatic heterocycles. The van der Waals surface area contributed by atoms with Crippen molar-refractivity contribution in [3.8, 4) is 11.5 Å². The zero-order valence-electron chi connectivity index (χ0n) is 7.69. The van der Waals surface area contributed by atoms with Crippen LogP contribution in [0.5, 0.6) is 11.5 Å². The van der Waals surface area contributed by atoms with Crippen molar-refractivity contribution >= 4 is 5.97 Å². The molecule has 14 heavy (non-hydrogen) atoms. The van der Waals surface area contributed by atoms with Crippen LogP contribution in [0, 0.1) is 0 Å². The lowest BCUT2D eigenvalue weighted by Gasteiger charge is -2.08. The summed E-state index contributed by atoms with van der Waals surface area (Å²) in [6, 6.07) is 4.76. The van der Waals surface area contributed by atoms with Gasteiger partial charge in [-0.3, -0.25) is 4.79 Å². The van der Waals surface area contributed by atoms with E-state index in [1.807, 2.05) is 0 Å². The third-order valence-corrected chi connectivity index (χ3v) is 2.04. The average molecular weight is 194 g/mol. The Hall–Kier alpha value is -1.71. The molecule has 1 unspecified atom stereocenters. The molecule has 0 fully saturated rings. The number of esters is 1. The summed E-state index contributed by atoms with van der Waals surface area (Å²) in [6.45, 7) is 1.68. The number of benzene rings is 1. The smallest absolute Gasteiger partial charge is 0.303 e. The highest BCUT2D eigenvalue weighted by Crippen LogP contribution is 2.36. The quantitative estimate of drug-likeness (QED) is 0.686. The fourth-order valence-electron chi connectivity index (χ4n) is 1.47. The highest BCUT2D eigenvalue weighted by Gasteiger charge is 2.26. The second kappa shape index (κ2) is 3.21. The van der Waals surface area contributed by atoms with Crippen molar-refractivity contribution in [2.24, 2.45) is 0 Å². The molecular formula is C10H10O4. The van der Waals surface area contributed by atoms with Crippen molar-refractivity contribution < 1.29 is 19.4 Å². The molecular weight excluding hydrogens is 184 g/mol. The molecule has 1 N–H and O–H groups in total. The van der Waals surface area contributed by atoms with Gasteiger partial charge in [0.05, 0.1) is 0 Å². The van der Waals surface area contributed by atoms with Gasteiger partial charge in [0.1, 0.15) is 18.1 Å². The van der Waals surface area contributed by atoms with Crippen LogP contribution >= 0.6 is 0 Å². The Balaban J connectivity index is 2.26. The molecule has 0 saturated heterocycles. The molecule has 1 aromatic rings. The van der Waals surface area contributed by atoms with E-state index in [2.05, 4.69) is 0 Å². The van der Waals surface area contributed by atoms with Gasteiger partial charge in [-0.05, 0) is 12.1 Å². The predicted octanol–water partition coefficient (Wildman–Crippen LogP) is 1.39. The van der Waals surface area contributed by atoms with E-state index in [4.69, 9.17) is 9.47 Å². The van der Waals surface area contributed by atoms with Gasteiger partial charge < -0.3 is 14.6 Å².